The molecule has 192 valence electrons. The van der Waals surface area contributed by atoms with Gasteiger partial charge >= 0.3 is 5.97 Å². The van der Waals surface area contributed by atoms with E-state index in [0.29, 0.717) is 11.8 Å². The van der Waals surface area contributed by atoms with Gasteiger partial charge in [0.05, 0.1) is 26.7 Å². The standard InChI is InChI=1S/C25H48O5P2Si/c1-5-33(6-2,7-3)30-24-18-23(29-32)21(20(24)14-11-15-25(26)27-4)16-17-22(28-31)19-12-9-8-10-13-19/h11,15,19-24H,5-10,12-14,16-18,31-32H2,1-4H3/b15-11-/t20-,21-,22-,23-,24+/m1/s1/i32T/t20-,21-,22-,23-,24+,32?. The number of methoxy groups -OCH3 is 1. The van der Waals surface area contributed by atoms with E-state index in [4.69, 9.17) is 19.5 Å². The molecule has 2 saturated carbocycles. The zero-order valence-electron chi connectivity index (χ0n) is 22.2. The van der Waals surface area contributed by atoms with Crippen LogP contribution in [0.3, 0.4) is 0 Å². The van der Waals surface area contributed by atoms with Crippen molar-refractivity contribution in [3.8, 4) is 0 Å². The minimum atomic E-state index is -1.80. The molecule has 0 aromatic carbocycles. The molecule has 0 N–H and O–H groups in total. The van der Waals surface area contributed by atoms with Crippen LogP contribution in [0.25, 0.3) is 0 Å². The average molecular weight is 521 g/mol. The summed E-state index contributed by atoms with van der Waals surface area (Å²) in [5.41, 5.74) is 0. The molecule has 0 aromatic rings. The monoisotopic (exact) mass is 520 g/mol. The Labute approximate surface area is 209 Å². The topological polar surface area (TPSA) is 54.0 Å². The molecule has 0 spiro atoms. The van der Waals surface area contributed by atoms with Gasteiger partial charge in [-0.3, -0.25) is 0 Å². The highest BCUT2D eigenvalue weighted by molar-refractivity contribution is 7.10. The highest BCUT2D eigenvalue weighted by Crippen LogP contribution is 2.45. The van der Waals surface area contributed by atoms with E-state index < -0.39 is 8.32 Å². The molecule has 0 heterocycles. The lowest BCUT2D eigenvalue weighted by Gasteiger charge is -2.35. The number of carbonyl (C=O) groups excluding carboxylic acids is 1. The molecule has 0 amide bonds. The van der Waals surface area contributed by atoms with Crippen molar-refractivity contribution in [1.29, 1.82) is 1.28 Å². The second kappa shape index (κ2) is 15.3. The largest absolute Gasteiger partial charge is 0.466 e. The van der Waals surface area contributed by atoms with E-state index in [1.165, 1.54) is 45.3 Å². The lowest BCUT2D eigenvalue weighted by atomic mass is 9.80. The molecular formula is C25H48O5P2Si. The van der Waals surface area contributed by atoms with Crippen LogP contribution in [0.15, 0.2) is 12.2 Å². The molecule has 33 heavy (non-hydrogen) atoms. The number of rotatable bonds is 15. The number of allylic oxidation sites excluding steroid dienone is 1. The third kappa shape index (κ3) is 8.36. The maximum absolute atomic E-state index is 11.7. The normalized spacial score (nSPS) is 28.6. The van der Waals surface area contributed by atoms with E-state index in [1.54, 1.807) is 0 Å². The molecule has 2 aliphatic rings. The van der Waals surface area contributed by atoms with E-state index in [9.17, 15) is 4.79 Å². The van der Waals surface area contributed by atoms with Gasteiger partial charge in [0.15, 0.2) is 8.32 Å². The molecule has 5 nitrogen and oxygen atoms in total. The molecule has 0 aromatic heterocycles. The lowest BCUT2D eigenvalue weighted by Crippen LogP contribution is -2.41. The van der Waals surface area contributed by atoms with Crippen LogP contribution in [0.1, 0.15) is 78.6 Å². The fraction of sp³-hybridized carbons (Fsp3) is 0.880. The van der Waals surface area contributed by atoms with Gasteiger partial charge in [-0.25, -0.2) is 4.79 Å². The molecule has 0 bridgehead atoms. The number of hydrogen-bond acceptors (Lipinski definition) is 5. The van der Waals surface area contributed by atoms with Crippen LogP contribution in [0.2, 0.25) is 18.1 Å². The minimum absolute atomic E-state index is 0.0335. The van der Waals surface area contributed by atoms with Crippen molar-refractivity contribution in [2.24, 2.45) is 17.8 Å². The smallest absolute Gasteiger partial charge is 0.330 e. The van der Waals surface area contributed by atoms with Gasteiger partial charge in [-0.2, -0.15) is 0 Å². The summed E-state index contributed by atoms with van der Waals surface area (Å²) in [6, 6.07) is 3.34. The Morgan fingerprint density at radius 3 is 2.39 bits per heavy atom. The molecule has 2 fully saturated rings. The molecule has 0 radical (unpaired) electrons. The molecular weight excluding hydrogens is 470 g/mol. The summed E-state index contributed by atoms with van der Waals surface area (Å²) in [5.74, 6) is 0.889. The SMILES string of the molecule is [3H]PO[C@@H]1C[C@H](O[Si](CC)(CC)CC)[C@H](C/C=C\C(=O)OC)[C@H]1CC[C@@H](OP)C1CCCCC1. The number of esters is 1. The summed E-state index contributed by atoms with van der Waals surface area (Å²) in [4.78, 5) is 11.7. The summed E-state index contributed by atoms with van der Waals surface area (Å²) >= 11 is 0. The van der Waals surface area contributed by atoms with Gasteiger partial charge in [0.25, 0.3) is 0 Å². The highest BCUT2D eigenvalue weighted by atomic mass is 31.0. The second-order valence-corrected chi connectivity index (χ2v) is 15.2. The van der Waals surface area contributed by atoms with Crippen LogP contribution < -0.4 is 0 Å². The van der Waals surface area contributed by atoms with E-state index >= 15 is 0 Å². The summed E-state index contributed by atoms with van der Waals surface area (Å²) in [6.45, 7) is 6.80. The third-order valence-electron chi connectivity index (χ3n) is 8.45. The Bertz CT molecular complexity index is 608. The molecule has 2 rings (SSSR count). The van der Waals surface area contributed by atoms with E-state index in [0.717, 1.165) is 43.8 Å². The first-order chi connectivity index (χ1) is 16.5. The molecule has 2 unspecified atom stereocenters. The van der Waals surface area contributed by atoms with Gasteiger partial charge in [0.2, 0.25) is 0 Å². The van der Waals surface area contributed by atoms with Crippen molar-refractivity contribution in [2.75, 3.05) is 7.11 Å². The summed E-state index contributed by atoms with van der Waals surface area (Å²) in [7, 11) is 1.85. The first kappa shape index (κ1) is 27.7. The lowest BCUT2D eigenvalue weighted by molar-refractivity contribution is -0.134. The van der Waals surface area contributed by atoms with Crippen LogP contribution >= 0.6 is 18.9 Å². The Hall–Kier alpha value is 0.167. The van der Waals surface area contributed by atoms with Gasteiger partial charge in [0, 0.05) is 25.0 Å². The van der Waals surface area contributed by atoms with Gasteiger partial charge in [-0.15, -0.1) is 0 Å². The van der Waals surface area contributed by atoms with Gasteiger partial charge in [0.1, 0.15) is 0 Å². The molecule has 8 heteroatoms. The summed E-state index contributed by atoms with van der Waals surface area (Å²) in [6.07, 6.45) is 14.0. The van der Waals surface area contributed by atoms with Crippen LogP contribution in [0.4, 0.5) is 0 Å². The predicted molar refractivity (Wildman–Crippen MR) is 144 cm³/mol. The van der Waals surface area contributed by atoms with E-state index in [1.807, 2.05) is 6.08 Å². The zero-order valence-corrected chi connectivity index (χ0v) is 24.4. The quantitative estimate of drug-likeness (QED) is 0.102. The number of carbonyl (C=O) groups is 1. The van der Waals surface area contributed by atoms with Gasteiger partial charge in [-0.05, 0) is 74.4 Å². The predicted octanol–water partition coefficient (Wildman–Crippen LogP) is 6.84. The Balaban J connectivity index is 2.21. The van der Waals surface area contributed by atoms with Crippen molar-refractivity contribution in [2.45, 2.75) is 115 Å². The zero-order chi connectivity index (χ0) is 25.0. The van der Waals surface area contributed by atoms with Crippen molar-refractivity contribution in [3.05, 3.63) is 12.2 Å². The Morgan fingerprint density at radius 1 is 1.12 bits per heavy atom. The van der Waals surface area contributed by atoms with Crippen molar-refractivity contribution in [1.82, 2.24) is 0 Å². The van der Waals surface area contributed by atoms with E-state index in [2.05, 4.69) is 30.2 Å². The maximum Gasteiger partial charge on any atom is 0.330 e. The number of hydrogen-bond donors (Lipinski definition) is 0. The van der Waals surface area contributed by atoms with Crippen molar-refractivity contribution >= 4 is 33.2 Å². The van der Waals surface area contributed by atoms with Crippen LogP contribution in [-0.2, 0) is 23.0 Å². The molecule has 7 atom stereocenters. The van der Waals surface area contributed by atoms with Crippen molar-refractivity contribution < 1.29 is 23.0 Å². The maximum atomic E-state index is 11.7. The minimum Gasteiger partial charge on any atom is -0.466 e. The van der Waals surface area contributed by atoms with Crippen molar-refractivity contribution in [3.63, 3.8) is 0 Å². The molecule has 0 saturated heterocycles. The first-order valence-electron chi connectivity index (χ1n) is 13.6. The average Bonchev–Trinajstić information content (AvgIpc) is 3.19. The van der Waals surface area contributed by atoms with E-state index in [-0.39, 0.29) is 39.6 Å². The molecule has 0 aliphatic heterocycles. The van der Waals surface area contributed by atoms with Gasteiger partial charge < -0.3 is 18.2 Å². The second-order valence-electron chi connectivity index (χ2n) is 9.93. The van der Waals surface area contributed by atoms with Gasteiger partial charge in [-0.1, -0.05) is 46.1 Å². The van der Waals surface area contributed by atoms with Crippen LogP contribution in [0.5, 0.6) is 0 Å². The van der Waals surface area contributed by atoms with Crippen LogP contribution in [-0.4, -0.2) is 41.0 Å². The Kier molecular flexibility index (Phi) is 12.9. The van der Waals surface area contributed by atoms with Crippen LogP contribution in [0, 0.1) is 17.8 Å². The highest BCUT2D eigenvalue weighted by Gasteiger charge is 2.46. The summed E-state index contributed by atoms with van der Waals surface area (Å²) in [5, 5.41) is 0. The first-order valence-corrected chi connectivity index (χ1v) is 16.5. The molecule has 2 aliphatic carbocycles. The fourth-order valence-corrected chi connectivity index (χ4v) is 9.66. The number of ether oxygens (including phenoxy) is 1. The fourth-order valence-electron chi connectivity index (χ4n) is 6.12. The Morgan fingerprint density at radius 2 is 1.82 bits per heavy atom. The third-order valence-corrected chi connectivity index (χ3v) is 13.8. The summed E-state index contributed by atoms with van der Waals surface area (Å²) < 4.78 is 31.5.